The molecule has 2 heterocycles. The Balaban J connectivity index is 1.61. The number of amides is 1. The third-order valence-electron chi connectivity index (χ3n) is 4.18. The van der Waals surface area contributed by atoms with Crippen LogP contribution in [0.2, 0.25) is 0 Å². The number of aromatic nitrogens is 2. The van der Waals surface area contributed by atoms with E-state index in [4.69, 9.17) is 9.47 Å². The van der Waals surface area contributed by atoms with E-state index in [1.165, 1.54) is 6.08 Å². The maximum atomic E-state index is 12.1. The van der Waals surface area contributed by atoms with E-state index >= 15 is 0 Å². The third kappa shape index (κ3) is 4.21. The number of ether oxygens (including phenoxy) is 2. The largest absolute Gasteiger partial charge is 0.486 e. The van der Waals surface area contributed by atoms with Crippen LogP contribution in [0.3, 0.4) is 0 Å². The normalized spacial score (nSPS) is 13.9. The van der Waals surface area contributed by atoms with E-state index in [0.29, 0.717) is 19.8 Å². The van der Waals surface area contributed by atoms with Crippen molar-refractivity contribution in [3.05, 3.63) is 47.8 Å². The number of benzene rings is 1. The predicted octanol–water partition coefficient (Wildman–Crippen LogP) is 2.30. The van der Waals surface area contributed by atoms with E-state index in [1.54, 1.807) is 17.0 Å². The van der Waals surface area contributed by atoms with E-state index in [-0.39, 0.29) is 11.3 Å². The number of fused-ring (bicyclic) bond motifs is 1. The number of hydrogen-bond donors (Lipinski definition) is 1. The van der Waals surface area contributed by atoms with Gasteiger partial charge >= 0.3 is 0 Å². The van der Waals surface area contributed by atoms with Gasteiger partial charge in [0, 0.05) is 36.8 Å². The van der Waals surface area contributed by atoms with E-state index < -0.39 is 0 Å². The van der Waals surface area contributed by atoms with Gasteiger partial charge in [0.05, 0.1) is 6.20 Å². The molecule has 0 saturated heterocycles. The van der Waals surface area contributed by atoms with Crippen molar-refractivity contribution in [2.75, 3.05) is 19.8 Å². The molecule has 1 amide bonds. The minimum Gasteiger partial charge on any atom is -0.486 e. The number of carbonyl (C=O) groups is 1. The highest BCUT2D eigenvalue weighted by Gasteiger charge is 2.23. The maximum Gasteiger partial charge on any atom is 0.244 e. The fraction of sp³-hybridized carbons (Fsp3) is 0.368. The molecule has 1 N–H and O–H groups in total. The van der Waals surface area contributed by atoms with Gasteiger partial charge in [-0.15, -0.1) is 0 Å². The molecule has 0 atom stereocenters. The van der Waals surface area contributed by atoms with Crippen molar-refractivity contribution >= 4 is 12.0 Å². The van der Waals surface area contributed by atoms with Crippen molar-refractivity contribution in [3.8, 4) is 11.5 Å². The Hall–Kier alpha value is -2.76. The molecule has 3 rings (SSSR count). The summed E-state index contributed by atoms with van der Waals surface area (Å²) in [6.45, 7) is 5.83. The first-order valence-corrected chi connectivity index (χ1v) is 8.29. The molecule has 0 radical (unpaired) electrons. The van der Waals surface area contributed by atoms with Crippen molar-refractivity contribution in [2.24, 2.45) is 7.05 Å². The number of nitrogens with one attached hydrogen (secondary N) is 1. The molecule has 0 unspecified atom stereocenters. The molecule has 0 aliphatic carbocycles. The van der Waals surface area contributed by atoms with Crippen LogP contribution in [0.15, 0.2) is 36.7 Å². The van der Waals surface area contributed by atoms with E-state index in [9.17, 15) is 4.79 Å². The van der Waals surface area contributed by atoms with Crippen molar-refractivity contribution < 1.29 is 14.3 Å². The van der Waals surface area contributed by atoms with Crippen LogP contribution in [-0.2, 0) is 17.3 Å². The molecule has 0 bridgehead atoms. The monoisotopic (exact) mass is 341 g/mol. The van der Waals surface area contributed by atoms with E-state index in [0.717, 1.165) is 22.6 Å². The lowest BCUT2D eigenvalue weighted by Gasteiger charge is -2.27. The highest BCUT2D eigenvalue weighted by molar-refractivity contribution is 5.91. The van der Waals surface area contributed by atoms with Gasteiger partial charge in [-0.2, -0.15) is 5.10 Å². The van der Waals surface area contributed by atoms with Gasteiger partial charge in [0.25, 0.3) is 0 Å². The predicted molar refractivity (Wildman–Crippen MR) is 95.7 cm³/mol. The maximum absolute atomic E-state index is 12.1. The molecule has 6 heteroatoms. The minimum atomic E-state index is -0.229. The molecule has 6 nitrogen and oxygen atoms in total. The van der Waals surface area contributed by atoms with Gasteiger partial charge in [-0.25, -0.2) is 0 Å². The Morgan fingerprint density at radius 2 is 2.08 bits per heavy atom. The Kier molecular flexibility index (Phi) is 4.79. The van der Waals surface area contributed by atoms with E-state index in [1.807, 2.05) is 31.4 Å². The lowest BCUT2D eigenvalue weighted by atomic mass is 9.84. The van der Waals surface area contributed by atoms with Gasteiger partial charge < -0.3 is 14.8 Å². The molecule has 25 heavy (non-hydrogen) atoms. The fourth-order valence-corrected chi connectivity index (χ4v) is 2.63. The SMILES string of the molecule is Cn1cc(C=CC(=O)NCC(C)(C)c2ccc3c(c2)OCCO3)cn1. The lowest BCUT2D eigenvalue weighted by Crippen LogP contribution is -2.36. The zero-order chi connectivity index (χ0) is 17.9. The molecule has 0 saturated carbocycles. The first-order valence-electron chi connectivity index (χ1n) is 8.29. The topological polar surface area (TPSA) is 65.4 Å². The van der Waals surface area contributed by atoms with Crippen molar-refractivity contribution in [3.63, 3.8) is 0 Å². The molecule has 0 fully saturated rings. The number of carbonyl (C=O) groups excluding carboxylic acids is 1. The summed E-state index contributed by atoms with van der Waals surface area (Å²) in [6.07, 6.45) is 6.84. The van der Waals surface area contributed by atoms with Crippen LogP contribution in [0.25, 0.3) is 6.08 Å². The van der Waals surface area contributed by atoms with Crippen LogP contribution in [-0.4, -0.2) is 35.4 Å². The molecule has 1 aromatic carbocycles. The molecule has 1 aliphatic heterocycles. The Morgan fingerprint density at radius 3 is 2.80 bits per heavy atom. The fourth-order valence-electron chi connectivity index (χ4n) is 2.63. The second-order valence-corrected chi connectivity index (χ2v) is 6.74. The van der Waals surface area contributed by atoms with Gasteiger partial charge in [0.15, 0.2) is 11.5 Å². The van der Waals surface area contributed by atoms with Crippen molar-refractivity contribution in [1.29, 1.82) is 0 Å². The Labute approximate surface area is 147 Å². The molecule has 1 aliphatic rings. The van der Waals surface area contributed by atoms with Crippen LogP contribution in [0.1, 0.15) is 25.0 Å². The summed E-state index contributed by atoms with van der Waals surface area (Å²) in [5, 5.41) is 7.02. The molecular weight excluding hydrogens is 318 g/mol. The van der Waals surface area contributed by atoms with Crippen LogP contribution < -0.4 is 14.8 Å². The van der Waals surface area contributed by atoms with Crippen molar-refractivity contribution in [1.82, 2.24) is 15.1 Å². The number of nitrogens with zero attached hydrogens (tertiary/aromatic N) is 2. The summed E-state index contributed by atoms with van der Waals surface area (Å²) in [5.41, 5.74) is 1.75. The average molecular weight is 341 g/mol. The molecule has 1 aromatic heterocycles. The van der Waals surface area contributed by atoms with E-state index in [2.05, 4.69) is 24.3 Å². The summed E-state index contributed by atoms with van der Waals surface area (Å²) in [6, 6.07) is 5.94. The molecule has 0 spiro atoms. The second-order valence-electron chi connectivity index (χ2n) is 6.74. The highest BCUT2D eigenvalue weighted by atomic mass is 16.6. The van der Waals surface area contributed by atoms with Crippen LogP contribution >= 0.6 is 0 Å². The molecule has 2 aromatic rings. The summed E-state index contributed by atoms with van der Waals surface area (Å²) < 4.78 is 12.9. The van der Waals surface area contributed by atoms with Crippen LogP contribution in [0, 0.1) is 0 Å². The van der Waals surface area contributed by atoms with Gasteiger partial charge in [-0.1, -0.05) is 19.9 Å². The number of aryl methyl sites for hydroxylation is 1. The highest BCUT2D eigenvalue weighted by Crippen LogP contribution is 2.34. The summed E-state index contributed by atoms with van der Waals surface area (Å²) in [7, 11) is 1.84. The molecule has 132 valence electrons. The third-order valence-corrected chi connectivity index (χ3v) is 4.18. The number of hydrogen-bond acceptors (Lipinski definition) is 4. The second kappa shape index (κ2) is 7.01. The van der Waals surface area contributed by atoms with Gasteiger partial charge in [0.1, 0.15) is 13.2 Å². The smallest absolute Gasteiger partial charge is 0.244 e. The molecular formula is C19H23N3O3. The average Bonchev–Trinajstić information content (AvgIpc) is 3.03. The quantitative estimate of drug-likeness (QED) is 0.848. The first-order chi connectivity index (χ1) is 11.9. The van der Waals surface area contributed by atoms with Crippen LogP contribution in [0.5, 0.6) is 11.5 Å². The van der Waals surface area contributed by atoms with Crippen LogP contribution in [0.4, 0.5) is 0 Å². The van der Waals surface area contributed by atoms with Gasteiger partial charge in [-0.3, -0.25) is 9.48 Å². The van der Waals surface area contributed by atoms with Gasteiger partial charge in [0.2, 0.25) is 5.91 Å². The summed E-state index contributed by atoms with van der Waals surface area (Å²) in [4.78, 5) is 12.1. The first kappa shape index (κ1) is 17.1. The summed E-state index contributed by atoms with van der Waals surface area (Å²) in [5.74, 6) is 1.41. The lowest BCUT2D eigenvalue weighted by molar-refractivity contribution is -0.116. The van der Waals surface area contributed by atoms with Crippen molar-refractivity contribution in [2.45, 2.75) is 19.3 Å². The van der Waals surface area contributed by atoms with Gasteiger partial charge in [-0.05, 0) is 23.8 Å². The zero-order valence-electron chi connectivity index (χ0n) is 14.8. The number of rotatable bonds is 5. The Bertz CT molecular complexity index is 793. The standard InChI is InChI=1S/C19H23N3O3/c1-19(2,15-5-6-16-17(10-15)25-9-8-24-16)13-20-18(23)7-4-14-11-21-22(3)12-14/h4-7,10-12H,8-9,13H2,1-3H3,(H,20,23). The zero-order valence-corrected chi connectivity index (χ0v) is 14.8. The minimum absolute atomic E-state index is 0.130. The Morgan fingerprint density at radius 1 is 1.32 bits per heavy atom. The summed E-state index contributed by atoms with van der Waals surface area (Å²) >= 11 is 0.